The Kier molecular flexibility index (Phi) is 3.74. The van der Waals surface area contributed by atoms with Gasteiger partial charge in [-0.1, -0.05) is 32.0 Å². The average molecular weight is 202 g/mol. The van der Waals surface area contributed by atoms with Crippen LogP contribution >= 0.6 is 0 Å². The molecule has 0 saturated carbocycles. The zero-order valence-electron chi connectivity index (χ0n) is 9.67. The molecule has 0 saturated heterocycles. The second-order valence-corrected chi connectivity index (χ2v) is 3.84. The molecule has 1 aromatic carbocycles. The van der Waals surface area contributed by atoms with Crippen LogP contribution in [0, 0.1) is 18.3 Å². The van der Waals surface area contributed by atoms with Crippen molar-refractivity contribution in [2.45, 2.75) is 39.2 Å². The molecular formula is C13H18N2. The smallest absolute Gasteiger partial charge is 0.124 e. The van der Waals surface area contributed by atoms with Gasteiger partial charge in [0.25, 0.3) is 0 Å². The molecule has 1 N–H and O–H groups in total. The molecule has 0 amide bonds. The van der Waals surface area contributed by atoms with Crippen LogP contribution in [0.4, 0.5) is 5.69 Å². The molecule has 0 heterocycles. The standard InChI is InChI=1S/C13H18N2/c1-4-13(5-2,10-14)15-12-9-7-6-8-11(12)3/h6-9,15H,4-5H2,1-3H3. The quantitative estimate of drug-likeness (QED) is 0.811. The summed E-state index contributed by atoms with van der Waals surface area (Å²) in [5, 5.41) is 12.6. The summed E-state index contributed by atoms with van der Waals surface area (Å²) >= 11 is 0. The first kappa shape index (κ1) is 11.6. The highest BCUT2D eigenvalue weighted by Crippen LogP contribution is 2.23. The van der Waals surface area contributed by atoms with E-state index in [4.69, 9.17) is 0 Å². The molecule has 0 aliphatic rings. The van der Waals surface area contributed by atoms with Crippen LogP contribution in [0.2, 0.25) is 0 Å². The predicted molar refractivity (Wildman–Crippen MR) is 63.7 cm³/mol. The Bertz CT molecular complexity index is 359. The molecule has 0 atom stereocenters. The number of hydrogen-bond donors (Lipinski definition) is 1. The van der Waals surface area contributed by atoms with E-state index in [1.807, 2.05) is 32.0 Å². The summed E-state index contributed by atoms with van der Waals surface area (Å²) in [7, 11) is 0. The number of anilines is 1. The number of nitrogens with zero attached hydrogens (tertiary/aromatic N) is 1. The highest BCUT2D eigenvalue weighted by molar-refractivity contribution is 5.53. The van der Waals surface area contributed by atoms with Crippen LogP contribution in [0.25, 0.3) is 0 Å². The summed E-state index contributed by atoms with van der Waals surface area (Å²) in [5.41, 5.74) is 1.81. The molecule has 80 valence electrons. The third-order valence-electron chi connectivity index (χ3n) is 2.94. The number of hydrogen-bond acceptors (Lipinski definition) is 2. The highest BCUT2D eigenvalue weighted by Gasteiger charge is 2.25. The molecule has 0 radical (unpaired) electrons. The summed E-state index contributed by atoms with van der Waals surface area (Å²) < 4.78 is 0. The molecule has 0 aliphatic heterocycles. The van der Waals surface area contributed by atoms with Gasteiger partial charge in [-0.25, -0.2) is 0 Å². The van der Waals surface area contributed by atoms with Gasteiger partial charge in [-0.3, -0.25) is 0 Å². The zero-order valence-corrected chi connectivity index (χ0v) is 9.67. The normalized spacial score (nSPS) is 10.8. The van der Waals surface area contributed by atoms with E-state index < -0.39 is 5.54 Å². The van der Waals surface area contributed by atoms with E-state index in [2.05, 4.69) is 24.4 Å². The maximum absolute atomic E-state index is 9.22. The van der Waals surface area contributed by atoms with Gasteiger partial charge >= 0.3 is 0 Å². The lowest BCUT2D eigenvalue weighted by Gasteiger charge is -2.27. The van der Waals surface area contributed by atoms with Crippen molar-refractivity contribution in [3.05, 3.63) is 29.8 Å². The number of para-hydroxylation sites is 1. The molecule has 15 heavy (non-hydrogen) atoms. The Morgan fingerprint density at radius 2 is 1.87 bits per heavy atom. The Labute approximate surface area is 91.9 Å². The third-order valence-corrected chi connectivity index (χ3v) is 2.94. The molecular weight excluding hydrogens is 184 g/mol. The Morgan fingerprint density at radius 1 is 1.27 bits per heavy atom. The number of benzene rings is 1. The van der Waals surface area contributed by atoms with E-state index in [1.54, 1.807) is 0 Å². The second-order valence-electron chi connectivity index (χ2n) is 3.84. The maximum atomic E-state index is 9.22. The van der Waals surface area contributed by atoms with Crippen LogP contribution in [0.5, 0.6) is 0 Å². The summed E-state index contributed by atoms with van der Waals surface area (Å²) in [6.45, 7) is 6.13. The van der Waals surface area contributed by atoms with Crippen molar-refractivity contribution in [2.75, 3.05) is 5.32 Å². The fraction of sp³-hybridized carbons (Fsp3) is 0.462. The van der Waals surface area contributed by atoms with Crippen LogP contribution in [-0.2, 0) is 0 Å². The number of nitrogens with one attached hydrogen (secondary N) is 1. The van der Waals surface area contributed by atoms with Crippen LogP contribution in [-0.4, -0.2) is 5.54 Å². The third kappa shape index (κ3) is 2.50. The van der Waals surface area contributed by atoms with Gasteiger partial charge < -0.3 is 5.32 Å². The Morgan fingerprint density at radius 3 is 2.33 bits per heavy atom. The lowest BCUT2D eigenvalue weighted by molar-refractivity contribution is 0.548. The highest BCUT2D eigenvalue weighted by atomic mass is 15.0. The van der Waals surface area contributed by atoms with Crippen molar-refractivity contribution < 1.29 is 0 Å². The summed E-state index contributed by atoms with van der Waals surface area (Å²) in [6, 6.07) is 10.4. The van der Waals surface area contributed by atoms with E-state index in [9.17, 15) is 5.26 Å². The van der Waals surface area contributed by atoms with Gasteiger partial charge in [-0.05, 0) is 31.4 Å². The molecule has 0 unspecified atom stereocenters. The van der Waals surface area contributed by atoms with Crippen molar-refractivity contribution in [1.82, 2.24) is 0 Å². The van der Waals surface area contributed by atoms with Crippen molar-refractivity contribution in [3.63, 3.8) is 0 Å². The van der Waals surface area contributed by atoms with E-state index in [-0.39, 0.29) is 0 Å². The van der Waals surface area contributed by atoms with Crippen LogP contribution in [0.1, 0.15) is 32.3 Å². The van der Waals surface area contributed by atoms with E-state index >= 15 is 0 Å². The summed E-state index contributed by atoms with van der Waals surface area (Å²) in [4.78, 5) is 0. The zero-order chi connectivity index (χ0) is 11.3. The number of nitriles is 1. The largest absolute Gasteiger partial charge is 0.367 e. The van der Waals surface area contributed by atoms with E-state index in [0.29, 0.717) is 0 Å². The van der Waals surface area contributed by atoms with Gasteiger partial charge in [0.2, 0.25) is 0 Å². The SMILES string of the molecule is CCC(C#N)(CC)Nc1ccccc1C. The molecule has 2 nitrogen and oxygen atoms in total. The van der Waals surface area contributed by atoms with Gasteiger partial charge in [0.15, 0.2) is 0 Å². The van der Waals surface area contributed by atoms with Gasteiger partial charge in [0.1, 0.15) is 5.54 Å². The lowest BCUT2D eigenvalue weighted by Crippen LogP contribution is -2.35. The molecule has 1 aromatic rings. The Balaban J connectivity index is 2.94. The van der Waals surface area contributed by atoms with E-state index in [0.717, 1.165) is 18.5 Å². The van der Waals surface area contributed by atoms with Crippen molar-refractivity contribution in [2.24, 2.45) is 0 Å². The van der Waals surface area contributed by atoms with Crippen molar-refractivity contribution in [1.29, 1.82) is 5.26 Å². The average Bonchev–Trinajstić information content (AvgIpc) is 2.29. The van der Waals surface area contributed by atoms with Crippen LogP contribution in [0.15, 0.2) is 24.3 Å². The molecule has 0 aromatic heterocycles. The summed E-state index contributed by atoms with van der Waals surface area (Å²) in [5.74, 6) is 0. The molecule has 0 fully saturated rings. The van der Waals surface area contributed by atoms with Crippen LogP contribution < -0.4 is 5.32 Å². The first-order chi connectivity index (χ1) is 7.17. The maximum Gasteiger partial charge on any atom is 0.124 e. The Hall–Kier alpha value is -1.49. The number of rotatable bonds is 4. The minimum Gasteiger partial charge on any atom is -0.367 e. The van der Waals surface area contributed by atoms with Crippen molar-refractivity contribution in [3.8, 4) is 6.07 Å². The summed E-state index contributed by atoms with van der Waals surface area (Å²) in [6.07, 6.45) is 1.63. The molecule has 0 spiro atoms. The fourth-order valence-corrected chi connectivity index (χ4v) is 1.58. The molecule has 0 aliphatic carbocycles. The van der Waals surface area contributed by atoms with Gasteiger partial charge in [0, 0.05) is 5.69 Å². The van der Waals surface area contributed by atoms with Crippen LogP contribution in [0.3, 0.4) is 0 Å². The monoisotopic (exact) mass is 202 g/mol. The van der Waals surface area contributed by atoms with Gasteiger partial charge in [-0.2, -0.15) is 5.26 Å². The minimum atomic E-state index is -0.424. The number of aryl methyl sites for hydroxylation is 1. The van der Waals surface area contributed by atoms with Gasteiger partial charge in [-0.15, -0.1) is 0 Å². The lowest BCUT2D eigenvalue weighted by atomic mass is 9.94. The molecule has 0 bridgehead atoms. The van der Waals surface area contributed by atoms with Crippen molar-refractivity contribution >= 4 is 5.69 Å². The van der Waals surface area contributed by atoms with Gasteiger partial charge in [0.05, 0.1) is 6.07 Å². The molecule has 1 rings (SSSR count). The first-order valence-electron chi connectivity index (χ1n) is 5.42. The van der Waals surface area contributed by atoms with E-state index in [1.165, 1.54) is 5.56 Å². The predicted octanol–water partition coefficient (Wildman–Crippen LogP) is 3.49. The minimum absolute atomic E-state index is 0.424. The fourth-order valence-electron chi connectivity index (χ4n) is 1.58. The second kappa shape index (κ2) is 4.84. The first-order valence-corrected chi connectivity index (χ1v) is 5.42. The topological polar surface area (TPSA) is 35.8 Å². The molecule has 2 heteroatoms.